The maximum absolute atomic E-state index is 13.6. The van der Waals surface area contributed by atoms with Crippen LogP contribution in [0.4, 0.5) is 5.88 Å². The number of carbonyl (C=O) groups is 1. The Morgan fingerprint density at radius 1 is 1.06 bits per heavy atom. The molecule has 1 amide bonds. The van der Waals surface area contributed by atoms with Crippen molar-refractivity contribution in [3.63, 3.8) is 0 Å². The summed E-state index contributed by atoms with van der Waals surface area (Å²) in [7, 11) is 0. The van der Waals surface area contributed by atoms with Gasteiger partial charge in [0.05, 0.1) is 12.1 Å². The van der Waals surface area contributed by atoms with Gasteiger partial charge in [0.25, 0.3) is 5.91 Å². The number of aromatic nitrogens is 1. The molecule has 1 aliphatic rings. The number of hydrogen-bond acceptors (Lipinski definition) is 4. The predicted octanol–water partition coefficient (Wildman–Crippen LogP) is 6.33. The smallest absolute Gasteiger partial charge is 0.254 e. The zero-order valence-corrected chi connectivity index (χ0v) is 20.1. The highest BCUT2D eigenvalue weighted by Gasteiger charge is 2.27. The fourth-order valence-electron chi connectivity index (χ4n) is 4.43. The van der Waals surface area contributed by atoms with E-state index in [0.29, 0.717) is 19.0 Å². The number of aryl methyl sites for hydroxylation is 1. The molecule has 1 fully saturated rings. The van der Waals surface area contributed by atoms with Gasteiger partial charge in [-0.2, -0.15) is 0 Å². The Morgan fingerprint density at radius 3 is 2.52 bits per heavy atom. The molecule has 3 aromatic rings. The van der Waals surface area contributed by atoms with Crippen LogP contribution in [0.5, 0.6) is 0 Å². The van der Waals surface area contributed by atoms with Crippen molar-refractivity contribution in [2.24, 2.45) is 5.92 Å². The number of nitrogens with zero attached hydrogens (tertiary/aromatic N) is 3. The van der Waals surface area contributed by atoms with E-state index in [0.717, 1.165) is 66.2 Å². The molecule has 174 valence electrons. The normalized spacial score (nSPS) is 14.0. The molecule has 33 heavy (non-hydrogen) atoms. The first-order valence-electron chi connectivity index (χ1n) is 12.2. The summed E-state index contributed by atoms with van der Waals surface area (Å²) in [4.78, 5) is 17.9. The minimum atomic E-state index is 0.0594. The number of piperidine rings is 1. The number of rotatable bonds is 8. The van der Waals surface area contributed by atoms with Gasteiger partial charge in [0.15, 0.2) is 0 Å². The van der Waals surface area contributed by atoms with Crippen molar-refractivity contribution < 1.29 is 9.32 Å². The third kappa shape index (κ3) is 5.65. The van der Waals surface area contributed by atoms with E-state index >= 15 is 0 Å². The summed E-state index contributed by atoms with van der Waals surface area (Å²) in [6.45, 7) is 9.54. The molecule has 0 bridgehead atoms. The van der Waals surface area contributed by atoms with Gasteiger partial charge < -0.3 is 14.3 Å². The van der Waals surface area contributed by atoms with Gasteiger partial charge in [-0.1, -0.05) is 67.0 Å². The van der Waals surface area contributed by atoms with Crippen LogP contribution < -0.4 is 4.90 Å². The number of anilines is 1. The van der Waals surface area contributed by atoms with Crippen LogP contribution in [0.15, 0.2) is 59.1 Å². The van der Waals surface area contributed by atoms with Crippen LogP contribution in [0.2, 0.25) is 0 Å². The molecule has 0 spiro atoms. The molecule has 0 radical (unpaired) electrons. The van der Waals surface area contributed by atoms with Crippen molar-refractivity contribution in [2.75, 3.05) is 24.5 Å². The van der Waals surface area contributed by atoms with Gasteiger partial charge in [0.1, 0.15) is 5.69 Å². The van der Waals surface area contributed by atoms with E-state index in [2.05, 4.69) is 36.0 Å². The molecule has 2 aromatic carbocycles. The lowest BCUT2D eigenvalue weighted by Gasteiger charge is -2.29. The van der Waals surface area contributed by atoms with Gasteiger partial charge in [-0.25, -0.2) is 0 Å². The maximum Gasteiger partial charge on any atom is 0.254 e. The van der Waals surface area contributed by atoms with Crippen molar-refractivity contribution in [3.05, 3.63) is 71.3 Å². The second kappa shape index (κ2) is 10.7. The maximum atomic E-state index is 13.6. The van der Waals surface area contributed by atoms with Crippen LogP contribution >= 0.6 is 0 Å². The summed E-state index contributed by atoms with van der Waals surface area (Å²) in [6, 6.07) is 18.0. The highest BCUT2D eigenvalue weighted by Crippen LogP contribution is 2.34. The molecule has 1 aromatic heterocycles. The lowest BCUT2D eigenvalue weighted by molar-refractivity contribution is 0.0735. The van der Waals surface area contributed by atoms with Gasteiger partial charge >= 0.3 is 0 Å². The third-order valence-corrected chi connectivity index (χ3v) is 6.34. The predicted molar refractivity (Wildman–Crippen MR) is 133 cm³/mol. The zero-order chi connectivity index (χ0) is 23.2. The monoisotopic (exact) mass is 445 g/mol. The number of amides is 1. The molecule has 0 unspecified atom stereocenters. The third-order valence-electron chi connectivity index (χ3n) is 6.34. The van der Waals surface area contributed by atoms with E-state index in [1.54, 1.807) is 0 Å². The Labute approximate surface area is 197 Å². The summed E-state index contributed by atoms with van der Waals surface area (Å²) in [6.07, 6.45) is 4.50. The van der Waals surface area contributed by atoms with Crippen LogP contribution in [-0.4, -0.2) is 35.6 Å². The standard InChI is InChI=1S/C28H35N3O2/c1-21(2)15-18-31(27(32)24-14-10-11-22(3)19-24)20-25-26(23-12-6-4-7-13-23)29-33-28(25)30-16-8-5-9-17-30/h4,6-7,10-14,19,21H,5,8-9,15-18,20H2,1-3H3. The van der Waals surface area contributed by atoms with Gasteiger partial charge in [-0.3, -0.25) is 4.79 Å². The average molecular weight is 446 g/mol. The van der Waals surface area contributed by atoms with Crippen molar-refractivity contribution >= 4 is 11.8 Å². The fourth-order valence-corrected chi connectivity index (χ4v) is 4.43. The molecule has 4 rings (SSSR count). The highest BCUT2D eigenvalue weighted by molar-refractivity contribution is 5.94. The quantitative estimate of drug-likeness (QED) is 0.407. The molecule has 0 atom stereocenters. The van der Waals surface area contributed by atoms with Crippen molar-refractivity contribution in [2.45, 2.75) is 53.0 Å². The van der Waals surface area contributed by atoms with Gasteiger partial charge in [0.2, 0.25) is 5.88 Å². The first-order chi connectivity index (χ1) is 16.0. The number of hydrogen-bond donors (Lipinski definition) is 0. The van der Waals surface area contributed by atoms with E-state index in [1.165, 1.54) is 6.42 Å². The van der Waals surface area contributed by atoms with E-state index in [9.17, 15) is 4.79 Å². The number of carbonyl (C=O) groups excluding carboxylic acids is 1. The summed E-state index contributed by atoms with van der Waals surface area (Å²) in [5.74, 6) is 1.39. The molecule has 2 heterocycles. The first kappa shape index (κ1) is 23.1. The van der Waals surface area contributed by atoms with E-state index in [4.69, 9.17) is 4.52 Å². The molecule has 0 saturated carbocycles. The highest BCUT2D eigenvalue weighted by atomic mass is 16.5. The van der Waals surface area contributed by atoms with E-state index in [1.807, 2.05) is 54.3 Å². The van der Waals surface area contributed by atoms with Gasteiger partial charge in [-0.15, -0.1) is 0 Å². The van der Waals surface area contributed by atoms with Crippen molar-refractivity contribution in [1.82, 2.24) is 10.1 Å². The molecule has 1 saturated heterocycles. The SMILES string of the molecule is Cc1cccc(C(=O)N(CCC(C)C)Cc2c(-c3ccccc3)noc2N2CCCCC2)c1. The Hall–Kier alpha value is -3.08. The summed E-state index contributed by atoms with van der Waals surface area (Å²) in [5, 5.41) is 4.50. The van der Waals surface area contributed by atoms with Gasteiger partial charge in [0, 0.05) is 30.8 Å². The Balaban J connectivity index is 1.71. The minimum absolute atomic E-state index is 0.0594. The fraction of sp³-hybridized carbons (Fsp3) is 0.429. The van der Waals surface area contributed by atoms with E-state index < -0.39 is 0 Å². The lowest BCUT2D eigenvalue weighted by Crippen LogP contribution is -2.34. The van der Waals surface area contributed by atoms with Crippen molar-refractivity contribution in [3.8, 4) is 11.3 Å². The summed E-state index contributed by atoms with van der Waals surface area (Å²) < 4.78 is 5.96. The van der Waals surface area contributed by atoms with Crippen molar-refractivity contribution in [1.29, 1.82) is 0 Å². The summed E-state index contributed by atoms with van der Waals surface area (Å²) >= 11 is 0. The molecular formula is C28H35N3O2. The largest absolute Gasteiger partial charge is 0.340 e. The Bertz CT molecular complexity index is 1050. The second-order valence-electron chi connectivity index (χ2n) is 9.51. The summed E-state index contributed by atoms with van der Waals surface area (Å²) in [5.41, 5.74) is 4.69. The molecule has 0 N–H and O–H groups in total. The zero-order valence-electron chi connectivity index (χ0n) is 20.1. The average Bonchev–Trinajstić information content (AvgIpc) is 3.26. The van der Waals surface area contributed by atoms with Gasteiger partial charge in [-0.05, 0) is 50.7 Å². The first-order valence-corrected chi connectivity index (χ1v) is 12.2. The van der Waals surface area contributed by atoms with Crippen LogP contribution in [-0.2, 0) is 6.54 Å². The van der Waals surface area contributed by atoms with Crippen LogP contribution in [0.3, 0.4) is 0 Å². The molecular weight excluding hydrogens is 410 g/mol. The topological polar surface area (TPSA) is 49.6 Å². The second-order valence-corrected chi connectivity index (χ2v) is 9.51. The van der Waals surface area contributed by atoms with Crippen LogP contribution in [0, 0.1) is 12.8 Å². The Kier molecular flexibility index (Phi) is 7.48. The molecule has 0 aliphatic carbocycles. The Morgan fingerprint density at radius 2 is 1.82 bits per heavy atom. The van der Waals surface area contributed by atoms with E-state index in [-0.39, 0.29) is 5.91 Å². The van der Waals surface area contributed by atoms with Crippen LogP contribution in [0.25, 0.3) is 11.3 Å². The molecule has 5 nitrogen and oxygen atoms in total. The minimum Gasteiger partial charge on any atom is -0.340 e. The molecule has 5 heteroatoms. The lowest BCUT2D eigenvalue weighted by atomic mass is 10.0. The number of benzene rings is 2. The van der Waals surface area contributed by atoms with Crippen LogP contribution in [0.1, 0.15) is 61.0 Å². The molecule has 1 aliphatic heterocycles.